The fourth-order valence-corrected chi connectivity index (χ4v) is 9.01. The van der Waals surface area contributed by atoms with Crippen LogP contribution in [-0.2, 0) is 0 Å². The van der Waals surface area contributed by atoms with Gasteiger partial charge < -0.3 is 9.13 Å². The van der Waals surface area contributed by atoms with Gasteiger partial charge in [-0.05, 0) is 70.7 Å². The Hall–Kier alpha value is -6.42. The van der Waals surface area contributed by atoms with E-state index in [4.69, 9.17) is 6.85 Å². The van der Waals surface area contributed by atoms with E-state index in [1.54, 1.807) is 44.7 Å². The lowest BCUT2D eigenvalue weighted by Gasteiger charge is -2.11. The van der Waals surface area contributed by atoms with Gasteiger partial charge in [-0.3, -0.25) is 0 Å². The standard InChI is InChI=1S/C48H30N2S/c1-3-14-31(15-4-1)35-22-12-24-37-38-25-13-23-36(48(38)51-47(35)37)32-16-11-19-34(30-32)50-42-27-10-8-21-40(42)46-44(50)29-28-43-45(46)39-20-7-9-26-41(39)49(43)33-17-5-2-6-18-33/h1-30H/i7D,8D,9D,10D,20D,21D,26D,27D,28D,29D. The van der Waals surface area contributed by atoms with Crippen molar-refractivity contribution in [1.29, 1.82) is 0 Å². The summed E-state index contributed by atoms with van der Waals surface area (Å²) in [7, 11) is 0. The Morgan fingerprint density at radius 3 is 1.51 bits per heavy atom. The number of hydrogen-bond acceptors (Lipinski definition) is 1. The van der Waals surface area contributed by atoms with E-state index >= 15 is 0 Å². The molecule has 3 heterocycles. The molecule has 0 amide bonds. The Morgan fingerprint density at radius 2 is 0.882 bits per heavy atom. The zero-order valence-electron chi connectivity index (χ0n) is 36.8. The Kier molecular flexibility index (Phi) is 4.40. The van der Waals surface area contributed by atoms with Crippen molar-refractivity contribution in [1.82, 2.24) is 9.13 Å². The van der Waals surface area contributed by atoms with Crippen molar-refractivity contribution >= 4 is 75.1 Å². The SMILES string of the molecule is [2H]c1c([2H])c([2H])c2c(c1[2H])c1c3c4c([2H])c([2H])c([2H])c([2H])c4n(-c4cccc(-c5cccc6c5sc5c(-c7ccccc7)cccc56)c4)c3c([2H])c([2H])c1n2-c1ccccc1. The van der Waals surface area contributed by atoms with Crippen LogP contribution in [0.25, 0.3) is 97.4 Å². The summed E-state index contributed by atoms with van der Waals surface area (Å²) in [6.07, 6.45) is 0. The van der Waals surface area contributed by atoms with Crippen LogP contribution < -0.4 is 0 Å². The number of hydrogen-bond donors (Lipinski definition) is 0. The Bertz CT molecular complexity index is 3700. The summed E-state index contributed by atoms with van der Waals surface area (Å²) in [4.78, 5) is 0. The lowest BCUT2D eigenvalue weighted by atomic mass is 10.00. The fraction of sp³-hybridized carbons (Fsp3) is 0. The highest BCUT2D eigenvalue weighted by Gasteiger charge is 2.21. The van der Waals surface area contributed by atoms with Gasteiger partial charge in [0.25, 0.3) is 0 Å². The highest BCUT2D eigenvalue weighted by Crippen LogP contribution is 2.45. The molecular weight excluding hydrogens is 637 g/mol. The molecule has 0 aliphatic heterocycles. The van der Waals surface area contributed by atoms with E-state index in [0.29, 0.717) is 11.4 Å². The second kappa shape index (κ2) is 11.0. The summed E-state index contributed by atoms with van der Waals surface area (Å²) in [6.45, 7) is 0. The number of nitrogens with zero attached hydrogens (tertiary/aromatic N) is 2. The quantitative estimate of drug-likeness (QED) is 0.176. The van der Waals surface area contributed by atoms with Crippen molar-refractivity contribution in [3.8, 4) is 33.6 Å². The Morgan fingerprint density at radius 1 is 0.392 bits per heavy atom. The van der Waals surface area contributed by atoms with Gasteiger partial charge in [0.05, 0.1) is 35.8 Å². The maximum Gasteiger partial charge on any atom is 0.0646 e. The molecular formula is C48H30N2S. The van der Waals surface area contributed by atoms with Gasteiger partial charge in [0.1, 0.15) is 0 Å². The monoisotopic (exact) mass is 676 g/mol. The molecule has 0 aliphatic rings. The predicted molar refractivity (Wildman–Crippen MR) is 219 cm³/mol. The number of para-hydroxylation sites is 3. The molecule has 0 bridgehead atoms. The minimum Gasteiger partial charge on any atom is -0.309 e. The molecule has 51 heavy (non-hydrogen) atoms. The smallest absolute Gasteiger partial charge is 0.0646 e. The Labute approximate surface area is 312 Å². The highest BCUT2D eigenvalue weighted by molar-refractivity contribution is 7.26. The van der Waals surface area contributed by atoms with Gasteiger partial charge in [-0.15, -0.1) is 11.3 Å². The zero-order chi connectivity index (χ0) is 42.2. The average molecular weight is 677 g/mol. The number of benzene rings is 8. The highest BCUT2D eigenvalue weighted by atomic mass is 32.1. The normalized spacial score (nSPS) is 14.7. The van der Waals surface area contributed by atoms with Gasteiger partial charge in [0.15, 0.2) is 0 Å². The van der Waals surface area contributed by atoms with Crippen molar-refractivity contribution in [2.45, 2.75) is 0 Å². The van der Waals surface area contributed by atoms with Crippen LogP contribution in [0, 0.1) is 0 Å². The number of aromatic nitrogens is 2. The van der Waals surface area contributed by atoms with Crippen molar-refractivity contribution in [3.63, 3.8) is 0 Å². The van der Waals surface area contributed by atoms with E-state index in [0.717, 1.165) is 42.4 Å². The molecule has 0 spiro atoms. The van der Waals surface area contributed by atoms with Crippen molar-refractivity contribution < 1.29 is 13.7 Å². The second-order valence-electron chi connectivity index (χ2n) is 12.5. The van der Waals surface area contributed by atoms with Gasteiger partial charge >= 0.3 is 0 Å². The lowest BCUT2D eigenvalue weighted by molar-refractivity contribution is 1.17. The van der Waals surface area contributed by atoms with Crippen LogP contribution in [0.3, 0.4) is 0 Å². The van der Waals surface area contributed by atoms with Gasteiger partial charge in [-0.25, -0.2) is 0 Å². The van der Waals surface area contributed by atoms with Crippen molar-refractivity contribution in [3.05, 3.63) is 182 Å². The van der Waals surface area contributed by atoms with Crippen LogP contribution in [-0.4, -0.2) is 9.13 Å². The van der Waals surface area contributed by atoms with E-state index in [9.17, 15) is 6.85 Å². The molecule has 2 nitrogen and oxygen atoms in total. The van der Waals surface area contributed by atoms with Crippen LogP contribution in [0.2, 0.25) is 0 Å². The minimum atomic E-state index is -0.486. The molecule has 11 rings (SSSR count). The molecule has 11 aromatic rings. The molecule has 0 radical (unpaired) electrons. The van der Waals surface area contributed by atoms with E-state index in [2.05, 4.69) is 42.5 Å². The van der Waals surface area contributed by atoms with Crippen molar-refractivity contribution in [2.24, 2.45) is 0 Å². The third-order valence-corrected chi connectivity index (χ3v) is 11.1. The second-order valence-corrected chi connectivity index (χ2v) is 13.6. The maximum absolute atomic E-state index is 9.74. The largest absolute Gasteiger partial charge is 0.309 e. The first-order chi connectivity index (χ1) is 29.5. The molecule has 0 unspecified atom stereocenters. The molecule has 8 aromatic carbocycles. The zero-order valence-corrected chi connectivity index (χ0v) is 27.7. The fourth-order valence-electron chi connectivity index (χ4n) is 7.63. The summed E-state index contributed by atoms with van der Waals surface area (Å²) in [6, 6.07) is 35.5. The van der Waals surface area contributed by atoms with Gasteiger partial charge in [-0.2, -0.15) is 0 Å². The molecule has 0 aliphatic carbocycles. The number of thiophene rings is 1. The van der Waals surface area contributed by atoms with Gasteiger partial charge in [0.2, 0.25) is 0 Å². The predicted octanol–water partition coefficient (Wildman–Crippen LogP) is 13.6. The summed E-state index contributed by atoms with van der Waals surface area (Å²) in [5, 5.41) is 2.82. The molecule has 3 aromatic heterocycles. The molecule has 3 heteroatoms. The lowest BCUT2D eigenvalue weighted by Crippen LogP contribution is -1.95. The molecule has 0 saturated heterocycles. The first kappa shape index (κ1) is 20.3. The molecule has 0 saturated carbocycles. The summed E-state index contributed by atoms with van der Waals surface area (Å²) in [5.41, 5.74) is 5.50. The van der Waals surface area contributed by atoms with Crippen LogP contribution in [0.4, 0.5) is 0 Å². The minimum absolute atomic E-state index is 0.0875. The molecule has 238 valence electrons. The van der Waals surface area contributed by atoms with E-state index in [1.165, 1.54) is 0 Å². The third-order valence-electron chi connectivity index (χ3n) is 9.79. The van der Waals surface area contributed by atoms with E-state index in [1.807, 2.05) is 54.6 Å². The van der Waals surface area contributed by atoms with Gasteiger partial charge in [0, 0.05) is 53.1 Å². The molecule has 0 fully saturated rings. The van der Waals surface area contributed by atoms with Crippen LogP contribution >= 0.6 is 11.3 Å². The summed E-state index contributed by atoms with van der Waals surface area (Å²) < 4.78 is 97.0. The van der Waals surface area contributed by atoms with Crippen LogP contribution in [0.5, 0.6) is 0 Å². The van der Waals surface area contributed by atoms with Gasteiger partial charge in [-0.1, -0.05) is 133 Å². The maximum atomic E-state index is 9.74. The van der Waals surface area contributed by atoms with Crippen LogP contribution in [0.15, 0.2) is 182 Å². The van der Waals surface area contributed by atoms with E-state index < -0.39 is 24.2 Å². The summed E-state index contributed by atoms with van der Waals surface area (Å²) in [5.74, 6) is 0. The topological polar surface area (TPSA) is 9.86 Å². The first-order valence-corrected chi connectivity index (χ1v) is 17.4. The first-order valence-electron chi connectivity index (χ1n) is 21.6. The molecule has 0 atom stereocenters. The average Bonchev–Trinajstić information content (AvgIpc) is 3.97. The Balaban J connectivity index is 1.28. The van der Waals surface area contributed by atoms with E-state index in [-0.39, 0.29) is 79.9 Å². The number of rotatable bonds is 4. The third kappa shape index (κ3) is 4.16. The van der Waals surface area contributed by atoms with Crippen molar-refractivity contribution in [2.75, 3.05) is 0 Å². The van der Waals surface area contributed by atoms with Crippen LogP contribution in [0.1, 0.15) is 13.7 Å². The summed E-state index contributed by atoms with van der Waals surface area (Å²) >= 11 is 1.71. The number of fused-ring (bicyclic) bond motifs is 10. The molecule has 0 N–H and O–H groups in total.